The molecule has 0 aromatic heterocycles. The Morgan fingerprint density at radius 1 is 1.24 bits per heavy atom. The van der Waals surface area contributed by atoms with Gasteiger partial charge in [-0.1, -0.05) is 33.6 Å². The second-order valence-electron chi connectivity index (χ2n) is 5.13. The number of anilines is 1. The maximum atomic E-state index is 12.1. The Morgan fingerprint density at radius 2 is 1.96 bits per heavy atom. The van der Waals surface area contributed by atoms with Crippen molar-refractivity contribution in [2.24, 2.45) is 0 Å². The number of nitrogens with one attached hydrogen (secondary N) is 1. The minimum atomic E-state index is -0.804. The number of esters is 1. The molecule has 0 aliphatic heterocycles. The number of aromatic hydroxyl groups is 2. The Bertz CT molecular complexity index is 825. The molecule has 3 N–H and O–H groups in total. The van der Waals surface area contributed by atoms with Crippen LogP contribution in [0.1, 0.15) is 22.3 Å². The average molecular weight is 429 g/mol. The lowest BCUT2D eigenvalue weighted by atomic mass is 10.0. The van der Waals surface area contributed by atoms with Crippen molar-refractivity contribution in [3.05, 3.63) is 51.0 Å². The molecule has 0 aliphatic carbocycles. The molecule has 0 heterocycles. The second-order valence-corrected chi connectivity index (χ2v) is 6.43. The third kappa shape index (κ3) is 4.64. The van der Waals surface area contributed by atoms with Gasteiger partial charge in [0.2, 0.25) is 5.91 Å². The van der Waals surface area contributed by atoms with Crippen LogP contribution in [0.4, 0.5) is 5.69 Å². The highest BCUT2D eigenvalue weighted by molar-refractivity contribution is 9.10. The number of ether oxygens (including phenoxy) is 1. The van der Waals surface area contributed by atoms with Gasteiger partial charge in [-0.25, -0.2) is 4.79 Å². The van der Waals surface area contributed by atoms with Gasteiger partial charge in [-0.2, -0.15) is 0 Å². The first-order valence-electron chi connectivity index (χ1n) is 7.20. The predicted octanol–water partition coefficient (Wildman–Crippen LogP) is 3.87. The van der Waals surface area contributed by atoms with Crippen molar-refractivity contribution >= 4 is 45.1 Å². The topological polar surface area (TPSA) is 95.9 Å². The Morgan fingerprint density at radius 3 is 2.60 bits per heavy atom. The quantitative estimate of drug-likeness (QED) is 0.628. The van der Waals surface area contributed by atoms with Gasteiger partial charge >= 0.3 is 5.97 Å². The van der Waals surface area contributed by atoms with E-state index in [1.54, 1.807) is 18.2 Å². The molecule has 0 unspecified atom stereocenters. The Kier molecular flexibility index (Phi) is 6.27. The van der Waals surface area contributed by atoms with E-state index in [9.17, 15) is 19.8 Å². The fourth-order valence-electron chi connectivity index (χ4n) is 2.28. The molecule has 6 nitrogen and oxygen atoms in total. The Labute approximate surface area is 157 Å². The van der Waals surface area contributed by atoms with E-state index in [2.05, 4.69) is 26.0 Å². The SMILES string of the molecule is COC(=O)c1c(O)cc(O)c(Cl)c1CCC(=O)Nc1cccc(Br)c1. The summed E-state index contributed by atoms with van der Waals surface area (Å²) in [5, 5.41) is 22.3. The molecule has 1 amide bonds. The van der Waals surface area contributed by atoms with Gasteiger partial charge in [-0.05, 0) is 30.2 Å². The molecule has 2 rings (SSSR count). The average Bonchev–Trinajstić information content (AvgIpc) is 2.56. The standard InChI is InChI=1S/C17H15BrClNO5/c1-25-17(24)15-11(16(19)13(22)8-12(15)21)5-6-14(23)20-10-4-2-3-9(18)7-10/h2-4,7-8,21-22H,5-6H2,1H3,(H,20,23). The summed E-state index contributed by atoms with van der Waals surface area (Å²) in [5.41, 5.74) is 0.591. The molecule has 0 spiro atoms. The van der Waals surface area contributed by atoms with E-state index in [1.165, 1.54) is 0 Å². The summed E-state index contributed by atoms with van der Waals surface area (Å²) in [4.78, 5) is 24.0. The van der Waals surface area contributed by atoms with Crippen LogP contribution in [0.3, 0.4) is 0 Å². The highest BCUT2D eigenvalue weighted by atomic mass is 79.9. The molecule has 0 saturated heterocycles. The highest BCUT2D eigenvalue weighted by Gasteiger charge is 2.23. The Hall–Kier alpha value is -2.25. The lowest BCUT2D eigenvalue weighted by Crippen LogP contribution is -2.14. The van der Waals surface area contributed by atoms with Crippen LogP contribution >= 0.6 is 27.5 Å². The molecule has 0 saturated carbocycles. The molecule has 0 bridgehead atoms. The lowest BCUT2D eigenvalue weighted by molar-refractivity contribution is -0.116. The van der Waals surface area contributed by atoms with Gasteiger partial charge in [0.25, 0.3) is 0 Å². The van der Waals surface area contributed by atoms with E-state index >= 15 is 0 Å². The first-order valence-corrected chi connectivity index (χ1v) is 8.37. The fourth-order valence-corrected chi connectivity index (χ4v) is 2.92. The van der Waals surface area contributed by atoms with Crippen molar-refractivity contribution < 1.29 is 24.5 Å². The van der Waals surface area contributed by atoms with Gasteiger partial charge in [-0.15, -0.1) is 0 Å². The van der Waals surface area contributed by atoms with Crippen molar-refractivity contribution in [3.63, 3.8) is 0 Å². The van der Waals surface area contributed by atoms with E-state index in [0.29, 0.717) is 5.69 Å². The van der Waals surface area contributed by atoms with E-state index in [-0.39, 0.29) is 40.6 Å². The second kappa shape index (κ2) is 8.22. The van der Waals surface area contributed by atoms with Crippen LogP contribution in [0, 0.1) is 0 Å². The number of methoxy groups -OCH3 is 1. The first-order chi connectivity index (χ1) is 11.8. The molecular formula is C17H15BrClNO5. The van der Waals surface area contributed by atoms with Crippen molar-refractivity contribution in [1.29, 1.82) is 0 Å². The number of benzene rings is 2. The zero-order chi connectivity index (χ0) is 18.6. The van der Waals surface area contributed by atoms with E-state index in [0.717, 1.165) is 17.6 Å². The van der Waals surface area contributed by atoms with E-state index in [4.69, 9.17) is 11.6 Å². The number of carbonyl (C=O) groups is 2. The molecule has 25 heavy (non-hydrogen) atoms. The largest absolute Gasteiger partial charge is 0.507 e. The number of rotatable bonds is 5. The van der Waals surface area contributed by atoms with Crippen molar-refractivity contribution in [3.8, 4) is 11.5 Å². The summed E-state index contributed by atoms with van der Waals surface area (Å²) in [5.74, 6) is -1.96. The molecule has 8 heteroatoms. The van der Waals surface area contributed by atoms with Crippen LogP contribution in [-0.4, -0.2) is 29.2 Å². The molecule has 0 fully saturated rings. The monoisotopic (exact) mass is 427 g/mol. The van der Waals surface area contributed by atoms with Gasteiger partial charge in [0.1, 0.15) is 17.1 Å². The van der Waals surface area contributed by atoms with Gasteiger partial charge in [-0.3, -0.25) is 4.79 Å². The smallest absolute Gasteiger partial charge is 0.341 e. The summed E-state index contributed by atoms with van der Waals surface area (Å²) in [7, 11) is 1.16. The van der Waals surface area contributed by atoms with E-state index < -0.39 is 11.7 Å². The zero-order valence-electron chi connectivity index (χ0n) is 13.2. The number of halogens is 2. The lowest BCUT2D eigenvalue weighted by Gasteiger charge is -2.13. The van der Waals surface area contributed by atoms with Crippen LogP contribution in [0.15, 0.2) is 34.8 Å². The Balaban J connectivity index is 2.19. The van der Waals surface area contributed by atoms with Crippen LogP contribution < -0.4 is 5.32 Å². The normalized spacial score (nSPS) is 10.4. The third-order valence-corrected chi connectivity index (χ3v) is 4.34. The maximum Gasteiger partial charge on any atom is 0.341 e. The number of hydrogen-bond acceptors (Lipinski definition) is 5. The summed E-state index contributed by atoms with van der Waals surface area (Å²) in [6.07, 6.45) is 0.0180. The van der Waals surface area contributed by atoms with Crippen molar-refractivity contribution in [2.75, 3.05) is 12.4 Å². The van der Waals surface area contributed by atoms with Gasteiger partial charge in [0.05, 0.1) is 12.1 Å². The van der Waals surface area contributed by atoms with Crippen LogP contribution in [-0.2, 0) is 16.0 Å². The summed E-state index contributed by atoms with van der Waals surface area (Å²) < 4.78 is 5.44. The van der Waals surface area contributed by atoms with Crippen LogP contribution in [0.25, 0.3) is 0 Å². The summed E-state index contributed by atoms with van der Waals surface area (Å²) in [6.45, 7) is 0. The number of amides is 1. The molecule has 2 aromatic carbocycles. The fraction of sp³-hybridized carbons (Fsp3) is 0.176. The zero-order valence-corrected chi connectivity index (χ0v) is 15.5. The minimum Gasteiger partial charge on any atom is -0.507 e. The van der Waals surface area contributed by atoms with Gasteiger partial charge in [0.15, 0.2) is 0 Å². The molecule has 0 aliphatic rings. The van der Waals surface area contributed by atoms with Gasteiger partial charge in [0, 0.05) is 22.6 Å². The van der Waals surface area contributed by atoms with Gasteiger partial charge < -0.3 is 20.3 Å². The molecule has 2 aromatic rings. The predicted molar refractivity (Wildman–Crippen MR) is 97.2 cm³/mol. The van der Waals surface area contributed by atoms with Crippen LogP contribution in [0.5, 0.6) is 11.5 Å². The van der Waals surface area contributed by atoms with Crippen molar-refractivity contribution in [2.45, 2.75) is 12.8 Å². The van der Waals surface area contributed by atoms with E-state index in [1.807, 2.05) is 6.07 Å². The highest BCUT2D eigenvalue weighted by Crippen LogP contribution is 2.37. The molecule has 132 valence electrons. The summed E-state index contributed by atoms with van der Waals surface area (Å²) in [6, 6.07) is 8.03. The minimum absolute atomic E-state index is 0.0148. The van der Waals surface area contributed by atoms with Crippen LogP contribution in [0.2, 0.25) is 5.02 Å². The number of carbonyl (C=O) groups excluding carboxylic acids is 2. The summed E-state index contributed by atoms with van der Waals surface area (Å²) >= 11 is 9.34. The third-order valence-electron chi connectivity index (χ3n) is 3.42. The first kappa shape index (κ1) is 19.1. The molecule has 0 radical (unpaired) electrons. The number of hydrogen-bond donors (Lipinski definition) is 3. The number of phenols is 2. The number of phenolic OH excluding ortho intramolecular Hbond substituents is 2. The van der Waals surface area contributed by atoms with Crippen molar-refractivity contribution in [1.82, 2.24) is 0 Å². The molecular weight excluding hydrogens is 414 g/mol. The maximum absolute atomic E-state index is 12.1. The molecule has 0 atom stereocenters.